The molecule has 0 bridgehead atoms. The number of benzene rings is 2. The number of ether oxygens (including phenoxy) is 3. The smallest absolute Gasteiger partial charge is 0.119 e. The number of hydrogen-bond acceptors (Lipinski definition) is 4. The lowest BCUT2D eigenvalue weighted by Gasteiger charge is -2.23. The molecule has 0 aliphatic carbocycles. The summed E-state index contributed by atoms with van der Waals surface area (Å²) in [6, 6.07) is 20.8. The molecule has 1 heterocycles. The third kappa shape index (κ3) is 6.11. The molecule has 2 aromatic carbocycles. The van der Waals surface area contributed by atoms with Gasteiger partial charge >= 0.3 is 0 Å². The van der Waals surface area contributed by atoms with Gasteiger partial charge in [0.05, 0.1) is 20.8 Å². The first-order valence-corrected chi connectivity index (χ1v) is 9.83. The van der Waals surface area contributed by atoms with Crippen molar-refractivity contribution in [3.63, 3.8) is 0 Å². The Hall–Kier alpha value is -2.76. The molecule has 0 radical (unpaired) electrons. The van der Waals surface area contributed by atoms with Crippen LogP contribution >= 0.6 is 0 Å². The molecule has 5 heteroatoms. The van der Waals surface area contributed by atoms with Gasteiger partial charge < -0.3 is 18.8 Å². The zero-order valence-corrected chi connectivity index (χ0v) is 17.5. The second-order valence-corrected chi connectivity index (χ2v) is 7.03. The molecule has 1 aromatic heterocycles. The number of hydrogen-bond donors (Lipinski definition) is 0. The van der Waals surface area contributed by atoms with Crippen molar-refractivity contribution in [1.82, 2.24) is 9.47 Å². The molecular weight excluding hydrogens is 364 g/mol. The lowest BCUT2D eigenvalue weighted by Crippen LogP contribution is -2.27. The first-order chi connectivity index (χ1) is 14.2. The van der Waals surface area contributed by atoms with E-state index in [1.807, 2.05) is 24.3 Å². The Balaban J connectivity index is 1.73. The number of methoxy groups -OCH3 is 3. The predicted octanol–water partition coefficient (Wildman–Crippen LogP) is 4.20. The van der Waals surface area contributed by atoms with Crippen LogP contribution in [0.3, 0.4) is 0 Å². The summed E-state index contributed by atoms with van der Waals surface area (Å²) < 4.78 is 18.4. The van der Waals surface area contributed by atoms with E-state index in [-0.39, 0.29) is 0 Å². The molecule has 0 N–H and O–H groups in total. The Morgan fingerprint density at radius 1 is 0.793 bits per heavy atom. The highest BCUT2D eigenvalue weighted by molar-refractivity contribution is 5.30. The van der Waals surface area contributed by atoms with E-state index in [1.54, 1.807) is 21.3 Å². The SMILES string of the molecule is COCCN(Cc1cccc(OC)c1)Cc1cccn1Cc1cccc(OC)c1. The summed E-state index contributed by atoms with van der Waals surface area (Å²) in [7, 11) is 5.15. The molecule has 29 heavy (non-hydrogen) atoms. The molecule has 0 aliphatic rings. The number of nitrogens with zero attached hydrogens (tertiary/aromatic N) is 2. The number of rotatable bonds is 11. The lowest BCUT2D eigenvalue weighted by molar-refractivity contribution is 0.138. The summed E-state index contributed by atoms with van der Waals surface area (Å²) >= 11 is 0. The molecule has 0 saturated carbocycles. The first-order valence-electron chi connectivity index (χ1n) is 9.83. The van der Waals surface area contributed by atoms with E-state index >= 15 is 0 Å². The zero-order valence-electron chi connectivity index (χ0n) is 17.5. The van der Waals surface area contributed by atoms with Gasteiger partial charge in [-0.25, -0.2) is 0 Å². The summed E-state index contributed by atoms with van der Waals surface area (Å²) in [5.74, 6) is 1.77. The average Bonchev–Trinajstić information content (AvgIpc) is 3.18. The van der Waals surface area contributed by atoms with Crippen LogP contribution in [0.25, 0.3) is 0 Å². The lowest BCUT2D eigenvalue weighted by atomic mass is 10.2. The Morgan fingerprint density at radius 3 is 2.17 bits per heavy atom. The van der Waals surface area contributed by atoms with Crippen LogP contribution in [0.1, 0.15) is 16.8 Å². The first kappa shape index (κ1) is 21.0. The van der Waals surface area contributed by atoms with Crippen molar-refractivity contribution < 1.29 is 14.2 Å². The Morgan fingerprint density at radius 2 is 1.48 bits per heavy atom. The minimum atomic E-state index is 0.695. The molecule has 3 aromatic rings. The maximum atomic E-state index is 5.37. The van der Waals surface area contributed by atoms with Crippen molar-refractivity contribution in [3.05, 3.63) is 83.7 Å². The van der Waals surface area contributed by atoms with Gasteiger partial charge in [0, 0.05) is 45.2 Å². The fraction of sp³-hybridized carbons (Fsp3) is 0.333. The highest BCUT2D eigenvalue weighted by Crippen LogP contribution is 2.18. The van der Waals surface area contributed by atoms with Gasteiger partial charge in [-0.3, -0.25) is 4.90 Å². The fourth-order valence-corrected chi connectivity index (χ4v) is 3.41. The Labute approximate surface area is 173 Å². The Kier molecular flexibility index (Phi) is 7.73. The topological polar surface area (TPSA) is 35.9 Å². The van der Waals surface area contributed by atoms with E-state index < -0.39 is 0 Å². The standard InChI is InChI=1S/C24H30N2O3/c1-27-14-13-25(17-20-7-4-10-23(15-20)28-2)19-22-9-6-12-26(22)18-21-8-5-11-24(16-21)29-3/h4-12,15-16H,13-14,17-19H2,1-3H3. The van der Waals surface area contributed by atoms with Crippen LogP contribution in [-0.2, 0) is 24.4 Å². The van der Waals surface area contributed by atoms with Crippen molar-refractivity contribution in [2.75, 3.05) is 34.5 Å². The molecule has 5 nitrogen and oxygen atoms in total. The highest BCUT2D eigenvalue weighted by Gasteiger charge is 2.11. The third-order valence-electron chi connectivity index (χ3n) is 4.95. The van der Waals surface area contributed by atoms with Crippen LogP contribution in [0.15, 0.2) is 66.9 Å². The normalized spacial score (nSPS) is 11.0. The van der Waals surface area contributed by atoms with Gasteiger partial charge in [0.15, 0.2) is 0 Å². The minimum Gasteiger partial charge on any atom is -0.497 e. The summed E-state index contributed by atoms with van der Waals surface area (Å²) in [6.45, 7) is 4.05. The molecule has 0 saturated heterocycles. The highest BCUT2D eigenvalue weighted by atomic mass is 16.5. The van der Waals surface area contributed by atoms with Gasteiger partial charge in [-0.1, -0.05) is 24.3 Å². The van der Waals surface area contributed by atoms with E-state index in [4.69, 9.17) is 14.2 Å². The maximum Gasteiger partial charge on any atom is 0.119 e. The van der Waals surface area contributed by atoms with Gasteiger partial charge in [0.1, 0.15) is 11.5 Å². The van der Waals surface area contributed by atoms with E-state index in [9.17, 15) is 0 Å². The molecule has 3 rings (SSSR count). The molecule has 0 amide bonds. The van der Waals surface area contributed by atoms with Gasteiger partial charge in [0.25, 0.3) is 0 Å². The van der Waals surface area contributed by atoms with E-state index in [1.165, 1.54) is 16.8 Å². The van der Waals surface area contributed by atoms with Crippen LogP contribution in [0.4, 0.5) is 0 Å². The quantitative estimate of drug-likeness (QED) is 0.488. The van der Waals surface area contributed by atoms with E-state index in [0.29, 0.717) is 6.61 Å². The minimum absolute atomic E-state index is 0.695. The van der Waals surface area contributed by atoms with Crippen LogP contribution in [0.2, 0.25) is 0 Å². The van der Waals surface area contributed by atoms with Crippen molar-refractivity contribution in [3.8, 4) is 11.5 Å². The van der Waals surface area contributed by atoms with Crippen molar-refractivity contribution >= 4 is 0 Å². The average molecular weight is 395 g/mol. The fourth-order valence-electron chi connectivity index (χ4n) is 3.41. The van der Waals surface area contributed by atoms with Gasteiger partial charge in [-0.05, 0) is 47.5 Å². The van der Waals surface area contributed by atoms with Crippen LogP contribution in [0.5, 0.6) is 11.5 Å². The molecular formula is C24H30N2O3. The molecule has 0 aliphatic heterocycles. The zero-order chi connectivity index (χ0) is 20.5. The summed E-state index contributed by atoms with van der Waals surface area (Å²) in [5, 5.41) is 0. The summed E-state index contributed by atoms with van der Waals surface area (Å²) in [4.78, 5) is 2.40. The molecule has 0 spiro atoms. The van der Waals surface area contributed by atoms with Crippen molar-refractivity contribution in [2.24, 2.45) is 0 Å². The number of aromatic nitrogens is 1. The third-order valence-corrected chi connectivity index (χ3v) is 4.95. The van der Waals surface area contributed by atoms with Crippen LogP contribution in [0, 0.1) is 0 Å². The monoisotopic (exact) mass is 394 g/mol. The molecule has 0 fully saturated rings. The largest absolute Gasteiger partial charge is 0.497 e. The predicted molar refractivity (Wildman–Crippen MR) is 116 cm³/mol. The van der Waals surface area contributed by atoms with Gasteiger partial charge in [-0.2, -0.15) is 0 Å². The molecule has 0 unspecified atom stereocenters. The summed E-state index contributed by atoms with van der Waals surface area (Å²) in [6.07, 6.45) is 2.13. The van der Waals surface area contributed by atoms with E-state index in [2.05, 4.69) is 52.1 Å². The van der Waals surface area contributed by atoms with Crippen molar-refractivity contribution in [1.29, 1.82) is 0 Å². The molecule has 0 atom stereocenters. The van der Waals surface area contributed by atoms with E-state index in [0.717, 1.165) is 37.7 Å². The maximum absolute atomic E-state index is 5.37. The van der Waals surface area contributed by atoms with Crippen LogP contribution < -0.4 is 9.47 Å². The second-order valence-electron chi connectivity index (χ2n) is 7.03. The van der Waals surface area contributed by atoms with Gasteiger partial charge in [-0.15, -0.1) is 0 Å². The second kappa shape index (κ2) is 10.7. The van der Waals surface area contributed by atoms with Crippen molar-refractivity contribution in [2.45, 2.75) is 19.6 Å². The summed E-state index contributed by atoms with van der Waals surface area (Å²) in [5.41, 5.74) is 3.72. The molecule has 154 valence electrons. The Bertz CT molecular complexity index is 891. The van der Waals surface area contributed by atoms with Gasteiger partial charge in [0.2, 0.25) is 0 Å². The van der Waals surface area contributed by atoms with Crippen LogP contribution in [-0.4, -0.2) is 43.9 Å².